The second kappa shape index (κ2) is 7.54. The van der Waals surface area contributed by atoms with Crippen molar-refractivity contribution in [3.63, 3.8) is 0 Å². The first-order chi connectivity index (χ1) is 13.3. The van der Waals surface area contributed by atoms with Gasteiger partial charge in [0, 0.05) is 16.0 Å². The average Bonchev–Trinajstić information content (AvgIpc) is 3.09. The van der Waals surface area contributed by atoms with Crippen molar-refractivity contribution >= 4 is 50.0 Å². The number of halogens is 1. The van der Waals surface area contributed by atoms with Gasteiger partial charge in [-0.15, -0.1) is 0 Å². The van der Waals surface area contributed by atoms with Gasteiger partial charge in [-0.05, 0) is 30.7 Å². The number of aliphatic imine (C=N–C) groups is 1. The maximum Gasteiger partial charge on any atom is 0.252 e. The van der Waals surface area contributed by atoms with Gasteiger partial charge in [0.2, 0.25) is 0 Å². The summed E-state index contributed by atoms with van der Waals surface area (Å²) in [6.45, 7) is 1.99. The molecule has 4 rings (SSSR count). The standard InChI is InChI=1S/C20H19ClN2O3S2/c1-13-6-8-15(9-7-13)23-17-11-28(25,26)12-18(17)27-20(23)22-19(24)10-14-4-2-3-5-16(14)21/h2-9,17-18H,10-12H2,1H3. The van der Waals surface area contributed by atoms with Crippen molar-refractivity contribution in [2.24, 2.45) is 4.99 Å². The second-order valence-corrected chi connectivity index (χ2v) is 10.8. The number of thioether (sulfide) groups is 1. The molecule has 0 aliphatic carbocycles. The minimum atomic E-state index is -3.08. The molecule has 2 saturated heterocycles. The monoisotopic (exact) mass is 434 g/mol. The van der Waals surface area contributed by atoms with Gasteiger partial charge in [-0.25, -0.2) is 8.42 Å². The van der Waals surface area contributed by atoms with E-state index in [-0.39, 0.29) is 35.1 Å². The fourth-order valence-corrected chi connectivity index (χ4v) is 7.66. The zero-order chi connectivity index (χ0) is 19.9. The van der Waals surface area contributed by atoms with Gasteiger partial charge in [0.15, 0.2) is 15.0 Å². The number of hydrogen-bond donors (Lipinski definition) is 0. The number of anilines is 1. The second-order valence-electron chi connectivity index (χ2n) is 7.06. The number of aryl methyl sites for hydroxylation is 1. The lowest BCUT2D eigenvalue weighted by atomic mass is 10.1. The van der Waals surface area contributed by atoms with Crippen LogP contribution in [-0.4, -0.2) is 42.3 Å². The first-order valence-electron chi connectivity index (χ1n) is 8.90. The number of amides is 1. The highest BCUT2D eigenvalue weighted by Gasteiger charge is 2.49. The maximum atomic E-state index is 12.6. The summed E-state index contributed by atoms with van der Waals surface area (Å²) in [5.41, 5.74) is 2.69. The molecule has 1 amide bonds. The van der Waals surface area contributed by atoms with E-state index in [1.165, 1.54) is 11.8 Å². The molecule has 146 valence electrons. The van der Waals surface area contributed by atoms with Crippen molar-refractivity contribution in [2.75, 3.05) is 16.4 Å². The largest absolute Gasteiger partial charge is 0.316 e. The zero-order valence-electron chi connectivity index (χ0n) is 15.2. The van der Waals surface area contributed by atoms with Crippen LogP contribution in [0.1, 0.15) is 11.1 Å². The molecule has 0 spiro atoms. The molecule has 2 aromatic carbocycles. The van der Waals surface area contributed by atoms with Crippen LogP contribution in [0.5, 0.6) is 0 Å². The van der Waals surface area contributed by atoms with E-state index >= 15 is 0 Å². The molecule has 2 fully saturated rings. The first-order valence-corrected chi connectivity index (χ1v) is 12.0. The van der Waals surface area contributed by atoms with Gasteiger partial charge in [-0.1, -0.05) is 59.3 Å². The lowest BCUT2D eigenvalue weighted by molar-refractivity contribution is -0.117. The molecule has 0 radical (unpaired) electrons. The number of nitrogens with zero attached hydrogens (tertiary/aromatic N) is 2. The Bertz CT molecular complexity index is 1050. The predicted molar refractivity (Wildman–Crippen MR) is 115 cm³/mol. The van der Waals surface area contributed by atoms with Crippen molar-refractivity contribution in [1.29, 1.82) is 0 Å². The third-order valence-electron chi connectivity index (χ3n) is 4.90. The van der Waals surface area contributed by atoms with Gasteiger partial charge in [0.05, 0.1) is 24.0 Å². The summed E-state index contributed by atoms with van der Waals surface area (Å²) in [5, 5.41) is 0.984. The highest BCUT2D eigenvalue weighted by molar-refractivity contribution is 8.16. The van der Waals surface area contributed by atoms with Gasteiger partial charge in [0.1, 0.15) is 0 Å². The Morgan fingerprint density at radius 2 is 1.89 bits per heavy atom. The fraction of sp³-hybridized carbons (Fsp3) is 0.300. The zero-order valence-corrected chi connectivity index (χ0v) is 17.6. The van der Waals surface area contributed by atoms with Gasteiger partial charge < -0.3 is 4.90 Å². The lowest BCUT2D eigenvalue weighted by Gasteiger charge is -2.24. The van der Waals surface area contributed by atoms with E-state index < -0.39 is 9.84 Å². The number of amidine groups is 1. The third kappa shape index (κ3) is 3.97. The highest BCUT2D eigenvalue weighted by Crippen LogP contribution is 2.41. The van der Waals surface area contributed by atoms with E-state index in [1.54, 1.807) is 12.1 Å². The molecule has 5 nitrogen and oxygen atoms in total. The summed E-state index contributed by atoms with van der Waals surface area (Å²) < 4.78 is 24.2. The molecule has 2 aliphatic heterocycles. The van der Waals surface area contributed by atoms with Crippen LogP contribution in [0, 0.1) is 6.92 Å². The summed E-state index contributed by atoms with van der Waals surface area (Å²) in [6, 6.07) is 14.8. The fourth-order valence-electron chi connectivity index (χ4n) is 3.52. The number of carbonyl (C=O) groups is 1. The molecule has 2 atom stereocenters. The van der Waals surface area contributed by atoms with Crippen molar-refractivity contribution in [2.45, 2.75) is 24.6 Å². The molecule has 28 heavy (non-hydrogen) atoms. The van der Waals surface area contributed by atoms with Gasteiger partial charge in [0.25, 0.3) is 5.91 Å². The van der Waals surface area contributed by atoms with E-state index in [2.05, 4.69) is 4.99 Å². The van der Waals surface area contributed by atoms with E-state index in [9.17, 15) is 13.2 Å². The molecule has 0 saturated carbocycles. The number of benzene rings is 2. The Hall–Kier alpha value is -1.83. The van der Waals surface area contributed by atoms with Crippen molar-refractivity contribution in [3.8, 4) is 0 Å². The summed E-state index contributed by atoms with van der Waals surface area (Å²) in [4.78, 5) is 18.8. The van der Waals surface area contributed by atoms with Crippen LogP contribution in [0.2, 0.25) is 5.02 Å². The molecule has 0 bridgehead atoms. The maximum absolute atomic E-state index is 12.6. The minimum absolute atomic E-state index is 0.0796. The number of sulfone groups is 1. The van der Waals surface area contributed by atoms with E-state index in [1.807, 2.05) is 48.2 Å². The molecule has 2 heterocycles. The van der Waals surface area contributed by atoms with Crippen LogP contribution in [0.25, 0.3) is 0 Å². The Labute approximate surface area is 173 Å². The molecular formula is C20H19ClN2O3S2. The lowest BCUT2D eigenvalue weighted by Crippen LogP contribution is -2.37. The Morgan fingerprint density at radius 3 is 2.61 bits per heavy atom. The van der Waals surface area contributed by atoms with Crippen LogP contribution in [0.4, 0.5) is 5.69 Å². The van der Waals surface area contributed by atoms with Crippen molar-refractivity contribution in [3.05, 3.63) is 64.7 Å². The van der Waals surface area contributed by atoms with Gasteiger partial charge in [-0.2, -0.15) is 4.99 Å². The summed E-state index contributed by atoms with van der Waals surface area (Å²) in [6.07, 6.45) is 0.110. The summed E-state index contributed by atoms with van der Waals surface area (Å²) >= 11 is 7.53. The van der Waals surface area contributed by atoms with E-state index in [0.29, 0.717) is 10.2 Å². The quantitative estimate of drug-likeness (QED) is 0.739. The molecule has 2 aliphatic rings. The van der Waals surface area contributed by atoms with E-state index in [0.717, 1.165) is 16.8 Å². The van der Waals surface area contributed by atoms with Crippen LogP contribution < -0.4 is 4.90 Å². The van der Waals surface area contributed by atoms with Crippen LogP contribution in [0.15, 0.2) is 53.5 Å². The summed E-state index contributed by atoms with van der Waals surface area (Å²) in [7, 11) is -3.08. The number of hydrogen-bond acceptors (Lipinski definition) is 4. The first kappa shape index (κ1) is 19.5. The molecule has 2 aromatic rings. The Kier molecular flexibility index (Phi) is 5.24. The molecule has 2 unspecified atom stereocenters. The van der Waals surface area contributed by atoms with E-state index in [4.69, 9.17) is 11.6 Å². The SMILES string of the molecule is Cc1ccc(N2C(=NC(=O)Cc3ccccc3Cl)SC3CS(=O)(=O)CC32)cc1. The normalized spacial score (nSPS) is 24.5. The van der Waals surface area contributed by atoms with Crippen LogP contribution in [-0.2, 0) is 21.1 Å². The Balaban J connectivity index is 1.65. The highest BCUT2D eigenvalue weighted by atomic mass is 35.5. The number of carbonyl (C=O) groups excluding carboxylic acids is 1. The predicted octanol–water partition coefficient (Wildman–Crippen LogP) is 3.49. The molecule has 8 heteroatoms. The van der Waals surface area contributed by atoms with Gasteiger partial charge >= 0.3 is 0 Å². The smallest absolute Gasteiger partial charge is 0.252 e. The topological polar surface area (TPSA) is 66.8 Å². The minimum Gasteiger partial charge on any atom is -0.316 e. The molecule has 0 aromatic heterocycles. The van der Waals surface area contributed by atoms with Crippen molar-refractivity contribution < 1.29 is 13.2 Å². The Morgan fingerprint density at radius 1 is 1.18 bits per heavy atom. The summed E-state index contributed by atoms with van der Waals surface area (Å²) in [5.74, 6) is -0.103. The number of fused-ring (bicyclic) bond motifs is 1. The molecule has 0 N–H and O–H groups in total. The van der Waals surface area contributed by atoms with Gasteiger partial charge in [-0.3, -0.25) is 4.79 Å². The van der Waals surface area contributed by atoms with Crippen molar-refractivity contribution in [1.82, 2.24) is 0 Å². The van der Waals surface area contributed by atoms with Crippen LogP contribution >= 0.6 is 23.4 Å². The van der Waals surface area contributed by atoms with Crippen LogP contribution in [0.3, 0.4) is 0 Å². The average molecular weight is 435 g/mol. The number of rotatable bonds is 3. The third-order valence-corrected chi connectivity index (χ3v) is 8.48. The molecular weight excluding hydrogens is 416 g/mol.